The summed E-state index contributed by atoms with van der Waals surface area (Å²) in [5.41, 5.74) is 1.03. The van der Waals surface area contributed by atoms with E-state index in [1.807, 2.05) is 6.07 Å². The Hall–Kier alpha value is -3.00. The zero-order valence-electron chi connectivity index (χ0n) is 16.6. The molecule has 0 bridgehead atoms. The summed E-state index contributed by atoms with van der Waals surface area (Å²) >= 11 is 0. The van der Waals surface area contributed by atoms with Crippen molar-refractivity contribution in [2.24, 2.45) is 11.8 Å². The topological polar surface area (TPSA) is 89.0 Å². The summed E-state index contributed by atoms with van der Waals surface area (Å²) in [5, 5.41) is 8.63. The molecule has 0 radical (unpaired) electrons. The molecule has 0 atom stereocenters. The lowest BCUT2D eigenvalue weighted by Crippen LogP contribution is -2.30. The van der Waals surface area contributed by atoms with Gasteiger partial charge in [0, 0.05) is 0 Å². The molecule has 160 valence electrons. The second-order valence-electron chi connectivity index (χ2n) is 7.38. The van der Waals surface area contributed by atoms with Crippen LogP contribution in [0.2, 0.25) is 0 Å². The summed E-state index contributed by atoms with van der Waals surface area (Å²) in [4.78, 5) is 28.4. The number of hydrogen-bond acceptors (Lipinski definition) is 5. The quantitative estimate of drug-likeness (QED) is 0.642. The van der Waals surface area contributed by atoms with Gasteiger partial charge in [-0.15, -0.1) is 0 Å². The van der Waals surface area contributed by atoms with Crippen LogP contribution < -0.4 is 4.90 Å². The van der Waals surface area contributed by atoms with Crippen LogP contribution in [0, 0.1) is 17.8 Å². The van der Waals surface area contributed by atoms with Gasteiger partial charge in [0.15, 0.2) is 0 Å². The zero-order chi connectivity index (χ0) is 21.3. The first-order chi connectivity index (χ1) is 14.5. The Kier molecular flexibility index (Phi) is 7.73. The molecule has 1 aromatic heterocycles. The van der Waals surface area contributed by atoms with E-state index in [2.05, 4.69) is 4.98 Å². The van der Waals surface area contributed by atoms with Crippen LogP contribution in [-0.4, -0.2) is 42.0 Å². The highest BCUT2D eigenvalue weighted by molar-refractivity contribution is 5.95. The number of anilines is 2. The maximum absolute atomic E-state index is 13.2. The Morgan fingerprint density at radius 2 is 1.67 bits per heavy atom. The molecule has 0 spiro atoms. The summed E-state index contributed by atoms with van der Waals surface area (Å²) in [7, 11) is 0. The molecule has 30 heavy (non-hydrogen) atoms. The number of carbonyl (C=O) groups is 2. The van der Waals surface area contributed by atoms with Crippen LogP contribution in [0.25, 0.3) is 0 Å². The van der Waals surface area contributed by atoms with E-state index in [9.17, 15) is 14.0 Å². The Labute approximate surface area is 174 Å². The third-order valence-corrected chi connectivity index (χ3v) is 5.15. The average molecular weight is 416 g/mol. The number of amides is 1. The van der Waals surface area contributed by atoms with Crippen molar-refractivity contribution >= 4 is 23.4 Å². The van der Waals surface area contributed by atoms with Gasteiger partial charge in [-0.25, -0.2) is 19.5 Å². The van der Waals surface area contributed by atoms with Crippen LogP contribution in [0.5, 0.6) is 0 Å². The number of carbonyl (C=O) groups excluding carboxylic acids is 1. The predicted octanol–water partition coefficient (Wildman–Crippen LogP) is 4.40. The maximum atomic E-state index is 13.2. The van der Waals surface area contributed by atoms with E-state index in [0.29, 0.717) is 30.5 Å². The van der Waals surface area contributed by atoms with Gasteiger partial charge in [0.1, 0.15) is 6.61 Å². The Bertz CT molecular complexity index is 823. The molecule has 0 saturated heterocycles. The zero-order valence-corrected chi connectivity index (χ0v) is 16.6. The van der Waals surface area contributed by atoms with Crippen molar-refractivity contribution in [2.75, 3.05) is 24.7 Å². The minimum atomic E-state index is -0.963. The van der Waals surface area contributed by atoms with Gasteiger partial charge in [0.25, 0.3) is 0 Å². The summed E-state index contributed by atoms with van der Waals surface area (Å²) in [6.45, 7) is 0.461. The number of rotatable bonds is 8. The average Bonchev–Trinajstić information content (AvgIpc) is 2.75. The van der Waals surface area contributed by atoms with Gasteiger partial charge in [0.2, 0.25) is 5.95 Å². The van der Waals surface area contributed by atoms with E-state index in [4.69, 9.17) is 14.6 Å². The summed E-state index contributed by atoms with van der Waals surface area (Å²) < 4.78 is 24.0. The summed E-state index contributed by atoms with van der Waals surface area (Å²) in [6.07, 6.45) is 4.35. The molecule has 1 saturated carbocycles. The van der Waals surface area contributed by atoms with Gasteiger partial charge in [-0.05, 0) is 61.8 Å². The molecule has 1 fully saturated rings. The third-order valence-electron chi connectivity index (χ3n) is 5.15. The van der Waals surface area contributed by atoms with Crippen molar-refractivity contribution in [2.45, 2.75) is 25.7 Å². The smallest absolute Gasteiger partial charge is 0.419 e. The lowest BCUT2D eigenvalue weighted by atomic mass is 9.83. The fourth-order valence-electron chi connectivity index (χ4n) is 3.57. The molecule has 8 heteroatoms. The molecule has 2 aromatic rings. The fraction of sp³-hybridized carbons (Fsp3) is 0.409. The maximum Gasteiger partial charge on any atom is 0.419 e. The second kappa shape index (κ2) is 10.7. The van der Waals surface area contributed by atoms with Gasteiger partial charge in [0.05, 0.1) is 30.8 Å². The molecule has 1 amide bonds. The van der Waals surface area contributed by atoms with Gasteiger partial charge in [-0.1, -0.05) is 18.2 Å². The number of para-hydroxylation sites is 1. The molecule has 1 heterocycles. The number of carboxylic acid groups (broad SMARTS) is 1. The summed E-state index contributed by atoms with van der Waals surface area (Å²) in [5.74, 6) is -1.00. The molecule has 1 aliphatic rings. The van der Waals surface area contributed by atoms with E-state index < -0.39 is 18.0 Å². The minimum absolute atomic E-state index is 0.244. The highest BCUT2D eigenvalue weighted by Gasteiger charge is 2.25. The number of aromatic nitrogens is 1. The van der Waals surface area contributed by atoms with Crippen molar-refractivity contribution in [3.05, 3.63) is 54.6 Å². The van der Waals surface area contributed by atoms with E-state index in [1.165, 1.54) is 23.2 Å². The Morgan fingerprint density at radius 3 is 2.27 bits per heavy atom. The van der Waals surface area contributed by atoms with Crippen LogP contribution in [0.3, 0.4) is 0 Å². The molecule has 0 unspecified atom stereocenters. The molecule has 3 rings (SSSR count). The highest BCUT2D eigenvalue weighted by atomic mass is 19.1. The van der Waals surface area contributed by atoms with Crippen LogP contribution in [0.1, 0.15) is 25.7 Å². The van der Waals surface area contributed by atoms with E-state index in [0.717, 1.165) is 25.7 Å². The lowest BCUT2D eigenvalue weighted by Gasteiger charge is -2.29. The van der Waals surface area contributed by atoms with Crippen LogP contribution in [-0.2, 0) is 14.3 Å². The van der Waals surface area contributed by atoms with E-state index in [1.54, 1.807) is 24.3 Å². The van der Waals surface area contributed by atoms with Crippen molar-refractivity contribution in [3.8, 4) is 0 Å². The fourth-order valence-corrected chi connectivity index (χ4v) is 3.57. The van der Waals surface area contributed by atoms with Gasteiger partial charge in [-0.2, -0.15) is 4.39 Å². The SMILES string of the molecule is O=C(O)COCC1CCC(COC(=O)N(c2ccccc2)c2ccc(F)nc2)CC1. The number of ether oxygens (including phenoxy) is 2. The van der Waals surface area contributed by atoms with Crippen LogP contribution in [0.4, 0.5) is 20.6 Å². The summed E-state index contributed by atoms with van der Waals surface area (Å²) in [6, 6.07) is 11.7. The standard InChI is InChI=1S/C22H25FN2O5/c23-20-11-10-19(12-24-20)25(18-4-2-1-3-5-18)22(28)30-14-17-8-6-16(7-9-17)13-29-15-21(26)27/h1-5,10-12,16-17H,6-9,13-15H2,(H,26,27). The molecule has 0 aliphatic heterocycles. The normalized spacial score (nSPS) is 18.6. The first-order valence-electron chi connectivity index (χ1n) is 9.96. The lowest BCUT2D eigenvalue weighted by molar-refractivity contribution is -0.142. The first-order valence-corrected chi connectivity index (χ1v) is 9.96. The largest absolute Gasteiger partial charge is 0.480 e. The number of carboxylic acids is 1. The minimum Gasteiger partial charge on any atom is -0.480 e. The molecule has 7 nitrogen and oxygen atoms in total. The number of benzene rings is 1. The number of pyridine rings is 1. The number of hydrogen-bond donors (Lipinski definition) is 1. The van der Waals surface area contributed by atoms with Gasteiger partial charge in [-0.3, -0.25) is 0 Å². The number of halogens is 1. The van der Waals surface area contributed by atoms with Gasteiger partial charge >= 0.3 is 12.1 Å². The molecular formula is C22H25FN2O5. The predicted molar refractivity (Wildman–Crippen MR) is 108 cm³/mol. The number of aliphatic carboxylic acids is 1. The van der Waals surface area contributed by atoms with Crippen LogP contribution in [0.15, 0.2) is 48.7 Å². The second-order valence-corrected chi connectivity index (χ2v) is 7.38. The molecule has 1 aromatic carbocycles. The van der Waals surface area contributed by atoms with Crippen molar-refractivity contribution in [1.82, 2.24) is 4.98 Å². The monoisotopic (exact) mass is 416 g/mol. The van der Waals surface area contributed by atoms with Crippen molar-refractivity contribution in [1.29, 1.82) is 0 Å². The molecular weight excluding hydrogens is 391 g/mol. The highest BCUT2D eigenvalue weighted by Crippen LogP contribution is 2.30. The van der Waals surface area contributed by atoms with Crippen molar-refractivity contribution < 1.29 is 28.6 Å². The third kappa shape index (κ3) is 6.25. The Morgan fingerprint density at radius 1 is 1.00 bits per heavy atom. The molecule has 1 N–H and O–H groups in total. The van der Waals surface area contributed by atoms with E-state index in [-0.39, 0.29) is 12.5 Å². The Balaban J connectivity index is 1.54. The first kappa shape index (κ1) is 21.7. The van der Waals surface area contributed by atoms with Crippen LogP contribution >= 0.6 is 0 Å². The molecule has 1 aliphatic carbocycles. The number of nitrogens with zero attached hydrogens (tertiary/aromatic N) is 2. The van der Waals surface area contributed by atoms with Gasteiger partial charge < -0.3 is 14.6 Å². The van der Waals surface area contributed by atoms with Crippen molar-refractivity contribution in [3.63, 3.8) is 0 Å². The van der Waals surface area contributed by atoms with E-state index >= 15 is 0 Å².